The monoisotopic (exact) mass is 223 g/mol. The van der Waals surface area contributed by atoms with Gasteiger partial charge in [-0.1, -0.05) is 20.8 Å². The summed E-state index contributed by atoms with van der Waals surface area (Å²) in [6.07, 6.45) is 0. The van der Waals surface area contributed by atoms with E-state index in [4.69, 9.17) is 4.74 Å². The van der Waals surface area contributed by atoms with Crippen molar-refractivity contribution in [2.24, 2.45) is 0 Å². The third-order valence-corrected chi connectivity index (χ3v) is 2.26. The van der Waals surface area contributed by atoms with E-state index in [0.29, 0.717) is 19.1 Å². The SMILES string of the molecule is CCNCc1nc(COC)cc(C(C)C)n1. The Balaban J connectivity index is 2.89. The minimum Gasteiger partial charge on any atom is -0.378 e. The van der Waals surface area contributed by atoms with Gasteiger partial charge in [-0.2, -0.15) is 0 Å². The van der Waals surface area contributed by atoms with E-state index in [1.54, 1.807) is 7.11 Å². The molecule has 0 aliphatic carbocycles. The first-order chi connectivity index (χ1) is 7.67. The van der Waals surface area contributed by atoms with Crippen LogP contribution in [-0.4, -0.2) is 23.6 Å². The highest BCUT2D eigenvalue weighted by Crippen LogP contribution is 2.13. The molecule has 1 aromatic heterocycles. The zero-order chi connectivity index (χ0) is 12.0. The molecule has 4 heteroatoms. The molecule has 4 nitrogen and oxygen atoms in total. The summed E-state index contributed by atoms with van der Waals surface area (Å²) < 4.78 is 5.11. The van der Waals surface area contributed by atoms with Gasteiger partial charge in [0.2, 0.25) is 0 Å². The quantitative estimate of drug-likeness (QED) is 0.799. The summed E-state index contributed by atoms with van der Waals surface area (Å²) in [6.45, 7) is 8.53. The second kappa shape index (κ2) is 6.55. The van der Waals surface area contributed by atoms with E-state index >= 15 is 0 Å². The summed E-state index contributed by atoms with van der Waals surface area (Å²) in [5.41, 5.74) is 2.03. The van der Waals surface area contributed by atoms with E-state index in [9.17, 15) is 0 Å². The number of nitrogens with one attached hydrogen (secondary N) is 1. The number of aromatic nitrogens is 2. The van der Waals surface area contributed by atoms with Crippen molar-refractivity contribution >= 4 is 0 Å². The van der Waals surface area contributed by atoms with Crippen molar-refractivity contribution in [2.45, 2.75) is 39.8 Å². The van der Waals surface area contributed by atoms with Crippen LogP contribution in [0.25, 0.3) is 0 Å². The molecule has 1 N–H and O–H groups in total. The molecule has 1 aromatic rings. The fraction of sp³-hybridized carbons (Fsp3) is 0.667. The van der Waals surface area contributed by atoms with Crippen LogP contribution in [0.1, 0.15) is 43.9 Å². The van der Waals surface area contributed by atoms with Crippen molar-refractivity contribution in [3.8, 4) is 0 Å². The fourth-order valence-corrected chi connectivity index (χ4v) is 1.41. The molecular formula is C12H21N3O. The number of methoxy groups -OCH3 is 1. The molecule has 16 heavy (non-hydrogen) atoms. The van der Waals surface area contributed by atoms with E-state index in [0.717, 1.165) is 23.8 Å². The first kappa shape index (κ1) is 13.1. The average molecular weight is 223 g/mol. The average Bonchev–Trinajstić information content (AvgIpc) is 2.26. The lowest BCUT2D eigenvalue weighted by Crippen LogP contribution is -2.16. The molecule has 0 bridgehead atoms. The second-order valence-corrected chi connectivity index (χ2v) is 4.07. The van der Waals surface area contributed by atoms with E-state index in [2.05, 4.69) is 36.1 Å². The van der Waals surface area contributed by atoms with E-state index < -0.39 is 0 Å². The Bertz CT molecular complexity index is 326. The highest BCUT2D eigenvalue weighted by Gasteiger charge is 2.07. The minimum atomic E-state index is 0.416. The molecule has 90 valence electrons. The third kappa shape index (κ3) is 3.87. The molecule has 0 aliphatic rings. The predicted molar refractivity (Wildman–Crippen MR) is 64.2 cm³/mol. The van der Waals surface area contributed by atoms with Crippen molar-refractivity contribution in [2.75, 3.05) is 13.7 Å². The third-order valence-electron chi connectivity index (χ3n) is 2.26. The number of hydrogen-bond acceptors (Lipinski definition) is 4. The Labute approximate surface area is 97.5 Å². The van der Waals surface area contributed by atoms with Gasteiger partial charge in [0.05, 0.1) is 18.8 Å². The summed E-state index contributed by atoms with van der Waals surface area (Å²) in [6, 6.07) is 2.02. The maximum absolute atomic E-state index is 5.11. The van der Waals surface area contributed by atoms with Gasteiger partial charge in [-0.05, 0) is 18.5 Å². The Morgan fingerprint density at radius 2 is 2.12 bits per heavy atom. The molecule has 0 radical (unpaired) electrons. The first-order valence-electron chi connectivity index (χ1n) is 5.73. The van der Waals surface area contributed by atoms with Crippen molar-refractivity contribution < 1.29 is 4.74 Å². The van der Waals surface area contributed by atoms with E-state index in [-0.39, 0.29) is 0 Å². The van der Waals surface area contributed by atoms with Gasteiger partial charge < -0.3 is 10.1 Å². The molecular weight excluding hydrogens is 202 g/mol. The Kier molecular flexibility index (Phi) is 5.35. The maximum atomic E-state index is 5.11. The van der Waals surface area contributed by atoms with Crippen molar-refractivity contribution in [1.29, 1.82) is 0 Å². The van der Waals surface area contributed by atoms with Crippen molar-refractivity contribution in [3.63, 3.8) is 0 Å². The molecule has 1 rings (SSSR count). The summed E-state index contributed by atoms with van der Waals surface area (Å²) in [4.78, 5) is 8.97. The molecule has 0 saturated heterocycles. The first-order valence-corrected chi connectivity index (χ1v) is 5.73. The van der Waals surface area contributed by atoms with Gasteiger partial charge in [-0.3, -0.25) is 0 Å². The molecule has 1 heterocycles. The number of hydrogen-bond donors (Lipinski definition) is 1. The number of nitrogens with zero attached hydrogens (tertiary/aromatic N) is 2. The summed E-state index contributed by atoms with van der Waals surface area (Å²) in [5, 5.41) is 3.23. The maximum Gasteiger partial charge on any atom is 0.142 e. The van der Waals surface area contributed by atoms with Gasteiger partial charge >= 0.3 is 0 Å². The van der Waals surface area contributed by atoms with Crippen LogP contribution in [0.5, 0.6) is 0 Å². The normalized spacial score (nSPS) is 11.1. The van der Waals surface area contributed by atoms with E-state index in [1.165, 1.54) is 0 Å². The molecule has 0 unspecified atom stereocenters. The number of rotatable bonds is 6. The van der Waals surface area contributed by atoms with Crippen LogP contribution >= 0.6 is 0 Å². The fourth-order valence-electron chi connectivity index (χ4n) is 1.41. The van der Waals surface area contributed by atoms with Crippen LogP contribution in [-0.2, 0) is 17.9 Å². The summed E-state index contributed by atoms with van der Waals surface area (Å²) >= 11 is 0. The lowest BCUT2D eigenvalue weighted by atomic mass is 10.1. The second-order valence-electron chi connectivity index (χ2n) is 4.07. The summed E-state index contributed by atoms with van der Waals surface area (Å²) in [7, 11) is 1.68. The van der Waals surface area contributed by atoms with Crippen LogP contribution in [0.2, 0.25) is 0 Å². The lowest BCUT2D eigenvalue weighted by molar-refractivity contribution is 0.181. The smallest absolute Gasteiger partial charge is 0.142 e. The predicted octanol–water partition coefficient (Wildman–Crippen LogP) is 1.86. The standard InChI is InChI=1S/C12H21N3O/c1-5-13-7-12-14-10(8-16-4)6-11(15-12)9(2)3/h6,9,13H,5,7-8H2,1-4H3. The van der Waals surface area contributed by atoms with Crippen molar-refractivity contribution in [1.82, 2.24) is 15.3 Å². The number of ether oxygens (including phenoxy) is 1. The minimum absolute atomic E-state index is 0.416. The molecule has 0 fully saturated rings. The van der Waals surface area contributed by atoms with Gasteiger partial charge in [0.15, 0.2) is 0 Å². The van der Waals surface area contributed by atoms with E-state index in [1.807, 2.05) is 6.07 Å². The zero-order valence-electron chi connectivity index (χ0n) is 10.6. The highest BCUT2D eigenvalue weighted by atomic mass is 16.5. The Morgan fingerprint density at radius 1 is 1.38 bits per heavy atom. The van der Waals surface area contributed by atoms with Crippen LogP contribution in [0, 0.1) is 0 Å². The zero-order valence-corrected chi connectivity index (χ0v) is 10.6. The largest absolute Gasteiger partial charge is 0.378 e. The lowest BCUT2D eigenvalue weighted by Gasteiger charge is -2.10. The molecule has 0 aromatic carbocycles. The van der Waals surface area contributed by atoms with Crippen LogP contribution in [0.4, 0.5) is 0 Å². The van der Waals surface area contributed by atoms with Gasteiger partial charge in [0.1, 0.15) is 5.82 Å². The van der Waals surface area contributed by atoms with Gasteiger partial charge in [0, 0.05) is 12.8 Å². The highest BCUT2D eigenvalue weighted by molar-refractivity contribution is 5.13. The summed E-state index contributed by atoms with van der Waals surface area (Å²) in [5.74, 6) is 1.26. The van der Waals surface area contributed by atoms with Crippen molar-refractivity contribution in [3.05, 3.63) is 23.3 Å². The molecule has 0 saturated carbocycles. The van der Waals surface area contributed by atoms with Crippen LogP contribution in [0.3, 0.4) is 0 Å². The topological polar surface area (TPSA) is 47.0 Å². The van der Waals surface area contributed by atoms with Crippen LogP contribution < -0.4 is 5.32 Å². The Hall–Kier alpha value is -1.00. The van der Waals surface area contributed by atoms with Gasteiger partial charge in [-0.25, -0.2) is 9.97 Å². The Morgan fingerprint density at radius 3 is 2.69 bits per heavy atom. The molecule has 0 atom stereocenters. The van der Waals surface area contributed by atoms with Crippen LogP contribution in [0.15, 0.2) is 6.07 Å². The molecule has 0 spiro atoms. The molecule has 0 aliphatic heterocycles. The molecule has 0 amide bonds. The van der Waals surface area contributed by atoms with Gasteiger partial charge in [-0.15, -0.1) is 0 Å². The van der Waals surface area contributed by atoms with Gasteiger partial charge in [0.25, 0.3) is 0 Å².